The number of imidazole rings is 1. The maximum Gasteiger partial charge on any atom is 0.180 e. The van der Waals surface area contributed by atoms with Gasteiger partial charge in [0.25, 0.3) is 0 Å². The average Bonchev–Trinajstić information content (AvgIpc) is 3.15. The lowest BCUT2D eigenvalue weighted by atomic mass is 10.3. The highest BCUT2D eigenvalue weighted by atomic mass is 15.5. The molecule has 4 aromatic heterocycles. The van der Waals surface area contributed by atoms with Crippen molar-refractivity contribution < 1.29 is 0 Å². The first kappa shape index (κ1) is 12.3. The lowest BCUT2D eigenvalue weighted by Gasteiger charge is -2.06. The molecule has 0 aliphatic rings. The third-order valence-corrected chi connectivity index (χ3v) is 3.25. The minimum atomic E-state index is 0.655. The minimum Gasteiger partial charge on any atom is -0.336 e. The highest BCUT2D eigenvalue weighted by molar-refractivity contribution is 5.73. The second kappa shape index (κ2) is 4.85. The number of hydrogen-bond donors (Lipinski definition) is 2. The first-order valence-electron chi connectivity index (χ1n) is 6.60. The van der Waals surface area contributed by atoms with Crippen LogP contribution >= 0.6 is 0 Å². The van der Waals surface area contributed by atoms with Crippen molar-refractivity contribution in [2.75, 3.05) is 11.2 Å². The molecule has 0 amide bonds. The molecule has 0 saturated carbocycles. The fraction of sp³-hybridized carbons (Fsp3) is 0. The third kappa shape index (κ3) is 2.03. The number of hydrogen-bond acceptors (Lipinski definition) is 6. The number of aromatic nitrogens is 6. The molecule has 8 heteroatoms. The van der Waals surface area contributed by atoms with Gasteiger partial charge in [-0.25, -0.2) is 9.97 Å². The van der Waals surface area contributed by atoms with Crippen molar-refractivity contribution in [1.29, 1.82) is 0 Å². The molecule has 3 N–H and O–H groups in total. The molecule has 8 nitrogen and oxygen atoms in total. The molecule has 4 heterocycles. The molecule has 0 aliphatic heterocycles. The third-order valence-electron chi connectivity index (χ3n) is 3.25. The number of pyridine rings is 1. The first-order chi connectivity index (χ1) is 10.8. The Balaban J connectivity index is 1.80. The minimum absolute atomic E-state index is 0.655. The van der Waals surface area contributed by atoms with E-state index in [0.29, 0.717) is 11.5 Å². The van der Waals surface area contributed by atoms with E-state index < -0.39 is 0 Å². The van der Waals surface area contributed by atoms with Gasteiger partial charge in [0.15, 0.2) is 11.5 Å². The van der Waals surface area contributed by atoms with E-state index in [0.717, 1.165) is 16.9 Å². The van der Waals surface area contributed by atoms with Crippen LogP contribution in [0.25, 0.3) is 16.9 Å². The van der Waals surface area contributed by atoms with E-state index in [-0.39, 0.29) is 0 Å². The van der Waals surface area contributed by atoms with Crippen LogP contribution < -0.4 is 11.2 Å². The fourth-order valence-corrected chi connectivity index (χ4v) is 2.26. The molecule has 0 radical (unpaired) electrons. The van der Waals surface area contributed by atoms with Gasteiger partial charge in [-0.3, -0.25) is 9.38 Å². The van der Waals surface area contributed by atoms with E-state index in [9.17, 15) is 0 Å². The van der Waals surface area contributed by atoms with Crippen LogP contribution in [0.1, 0.15) is 0 Å². The van der Waals surface area contributed by atoms with Gasteiger partial charge < -0.3 is 11.2 Å². The van der Waals surface area contributed by atoms with E-state index in [4.69, 9.17) is 5.84 Å². The Hall–Kier alpha value is -3.42. The Labute approximate surface area is 125 Å². The zero-order valence-electron chi connectivity index (χ0n) is 11.5. The van der Waals surface area contributed by atoms with Crippen LogP contribution in [0.4, 0.5) is 11.5 Å². The number of rotatable bonds is 3. The van der Waals surface area contributed by atoms with Crippen molar-refractivity contribution in [3.8, 4) is 11.3 Å². The Morgan fingerprint density at radius 2 is 2.05 bits per heavy atom. The van der Waals surface area contributed by atoms with Crippen LogP contribution in [0.5, 0.6) is 0 Å². The molecular weight excluding hydrogens is 280 g/mol. The fourth-order valence-electron chi connectivity index (χ4n) is 2.26. The standard InChI is InChI=1S/C14H12N8/c15-22-9-10(6-19-22)12-8-18-14-13(17-4-5-21(12)14)20-11-2-1-3-16-7-11/h1-9H,15H2,(H,17,20). The van der Waals surface area contributed by atoms with E-state index in [1.165, 1.54) is 4.79 Å². The largest absolute Gasteiger partial charge is 0.336 e. The van der Waals surface area contributed by atoms with Crippen molar-refractivity contribution in [2.24, 2.45) is 0 Å². The van der Waals surface area contributed by atoms with Gasteiger partial charge >= 0.3 is 0 Å². The summed E-state index contributed by atoms with van der Waals surface area (Å²) in [6, 6.07) is 3.77. The summed E-state index contributed by atoms with van der Waals surface area (Å²) in [5, 5.41) is 7.20. The quantitative estimate of drug-likeness (QED) is 0.554. The summed E-state index contributed by atoms with van der Waals surface area (Å²) < 4.78 is 1.93. The molecule has 0 fully saturated rings. The first-order valence-corrected chi connectivity index (χ1v) is 6.60. The second-order valence-electron chi connectivity index (χ2n) is 4.69. The normalized spacial score (nSPS) is 10.9. The van der Waals surface area contributed by atoms with Gasteiger partial charge in [0.05, 0.1) is 36.2 Å². The zero-order valence-corrected chi connectivity index (χ0v) is 11.5. The van der Waals surface area contributed by atoms with Crippen LogP contribution in [-0.2, 0) is 0 Å². The summed E-state index contributed by atoms with van der Waals surface area (Å²) in [6.45, 7) is 0. The van der Waals surface area contributed by atoms with Gasteiger partial charge in [-0.1, -0.05) is 0 Å². The van der Waals surface area contributed by atoms with E-state index in [1.807, 2.05) is 22.7 Å². The molecule has 22 heavy (non-hydrogen) atoms. The molecule has 0 spiro atoms. The van der Waals surface area contributed by atoms with Gasteiger partial charge in [0, 0.05) is 24.2 Å². The molecule has 0 aromatic carbocycles. The Morgan fingerprint density at radius 1 is 1.09 bits per heavy atom. The number of anilines is 2. The topological polar surface area (TPSA) is 99.0 Å². The summed E-state index contributed by atoms with van der Waals surface area (Å²) in [7, 11) is 0. The molecule has 0 atom stereocenters. The molecule has 0 aliphatic carbocycles. The maximum atomic E-state index is 5.61. The van der Waals surface area contributed by atoms with Crippen LogP contribution in [-0.4, -0.2) is 29.2 Å². The number of nitrogens with zero attached hydrogens (tertiary/aromatic N) is 6. The smallest absolute Gasteiger partial charge is 0.180 e. The van der Waals surface area contributed by atoms with Crippen molar-refractivity contribution in [1.82, 2.24) is 29.2 Å². The van der Waals surface area contributed by atoms with Crippen molar-refractivity contribution >= 4 is 17.2 Å². The molecule has 108 valence electrons. The van der Waals surface area contributed by atoms with Crippen LogP contribution in [0, 0.1) is 0 Å². The van der Waals surface area contributed by atoms with E-state index in [1.54, 1.807) is 37.2 Å². The average molecular weight is 292 g/mol. The lowest BCUT2D eigenvalue weighted by Crippen LogP contribution is -2.07. The monoisotopic (exact) mass is 292 g/mol. The van der Waals surface area contributed by atoms with E-state index in [2.05, 4.69) is 25.4 Å². The number of nitrogens with one attached hydrogen (secondary N) is 1. The summed E-state index contributed by atoms with van der Waals surface area (Å²) in [5.74, 6) is 6.26. The van der Waals surface area contributed by atoms with Gasteiger partial charge in [-0.2, -0.15) is 9.89 Å². The van der Waals surface area contributed by atoms with E-state index >= 15 is 0 Å². The molecule has 0 bridgehead atoms. The summed E-state index contributed by atoms with van der Waals surface area (Å²) >= 11 is 0. The molecular formula is C14H12N8. The van der Waals surface area contributed by atoms with Gasteiger partial charge in [0.2, 0.25) is 0 Å². The molecule has 0 saturated heterocycles. The van der Waals surface area contributed by atoms with Crippen LogP contribution in [0.15, 0.2) is 55.5 Å². The van der Waals surface area contributed by atoms with Gasteiger partial charge in [-0.15, -0.1) is 0 Å². The number of fused-ring (bicyclic) bond motifs is 1. The number of nitrogens with two attached hydrogens (primary N) is 1. The van der Waals surface area contributed by atoms with Crippen molar-refractivity contribution in [3.05, 3.63) is 55.5 Å². The zero-order chi connectivity index (χ0) is 14.9. The highest BCUT2D eigenvalue weighted by Crippen LogP contribution is 2.24. The van der Waals surface area contributed by atoms with Gasteiger partial charge in [0.1, 0.15) is 0 Å². The predicted octanol–water partition coefficient (Wildman–Crippen LogP) is 1.45. The molecule has 4 rings (SSSR count). The molecule has 4 aromatic rings. The second-order valence-corrected chi connectivity index (χ2v) is 4.69. The molecule has 0 unspecified atom stereocenters. The summed E-state index contributed by atoms with van der Waals surface area (Å²) in [4.78, 5) is 14.1. The van der Waals surface area contributed by atoms with Crippen molar-refractivity contribution in [3.63, 3.8) is 0 Å². The lowest BCUT2D eigenvalue weighted by molar-refractivity contribution is 0.832. The maximum absolute atomic E-state index is 5.61. The number of nitrogen functional groups attached to an aromatic ring is 1. The SMILES string of the molecule is Nn1cc(-c2cnc3c(Nc4cccnc4)nccn23)cn1. The Bertz CT molecular complexity index is 924. The van der Waals surface area contributed by atoms with Crippen LogP contribution in [0.2, 0.25) is 0 Å². The summed E-state index contributed by atoms with van der Waals surface area (Å²) in [5.41, 5.74) is 3.34. The Kier molecular flexibility index (Phi) is 2.72. The Morgan fingerprint density at radius 3 is 2.82 bits per heavy atom. The summed E-state index contributed by atoms with van der Waals surface area (Å²) in [6.07, 6.45) is 12.2. The van der Waals surface area contributed by atoms with Gasteiger partial charge in [-0.05, 0) is 12.1 Å². The van der Waals surface area contributed by atoms with Crippen LogP contribution in [0.3, 0.4) is 0 Å². The van der Waals surface area contributed by atoms with Crippen molar-refractivity contribution in [2.45, 2.75) is 0 Å². The predicted molar refractivity (Wildman–Crippen MR) is 81.9 cm³/mol. The highest BCUT2D eigenvalue weighted by Gasteiger charge is 2.11.